The molecule has 0 atom stereocenters. The van der Waals surface area contributed by atoms with Gasteiger partial charge in [-0.05, 0) is 25.7 Å². The van der Waals surface area contributed by atoms with E-state index in [2.05, 4.69) is 5.32 Å². The normalized spacial score (nSPS) is 22.4. The van der Waals surface area contributed by atoms with Crippen molar-refractivity contribution in [3.05, 3.63) is 0 Å². The molecule has 0 heterocycles. The molecule has 0 aromatic heterocycles. The molecular weight excluding hydrogens is 288 g/mol. The zero-order valence-corrected chi connectivity index (χ0v) is 13.8. The van der Waals surface area contributed by atoms with Crippen molar-refractivity contribution in [2.45, 2.75) is 76.3 Å². The van der Waals surface area contributed by atoms with E-state index in [1.807, 2.05) is 0 Å². The average molecular weight is 316 g/mol. The van der Waals surface area contributed by atoms with E-state index >= 15 is 0 Å². The van der Waals surface area contributed by atoms with Gasteiger partial charge in [0.1, 0.15) is 0 Å². The standard InChI is InChI=1S/C15H28N2O3S/c1-21(19,20)17(14-10-6-7-11-14)12-15(18)16-13-8-4-2-3-5-9-13/h13-14H,2-12H2,1H3,(H,16,18). The van der Waals surface area contributed by atoms with E-state index in [1.54, 1.807) is 0 Å². The number of sulfonamides is 1. The maximum atomic E-state index is 12.2. The van der Waals surface area contributed by atoms with Crippen LogP contribution in [0, 0.1) is 0 Å². The van der Waals surface area contributed by atoms with Gasteiger partial charge in [-0.15, -0.1) is 0 Å². The van der Waals surface area contributed by atoms with Gasteiger partial charge in [-0.25, -0.2) is 8.42 Å². The van der Waals surface area contributed by atoms with E-state index in [1.165, 1.54) is 23.4 Å². The van der Waals surface area contributed by atoms with Crippen LogP contribution in [0.5, 0.6) is 0 Å². The zero-order valence-electron chi connectivity index (χ0n) is 13.0. The molecule has 0 aromatic rings. The lowest BCUT2D eigenvalue weighted by Crippen LogP contribution is -2.47. The van der Waals surface area contributed by atoms with Crippen molar-refractivity contribution in [1.29, 1.82) is 0 Å². The average Bonchev–Trinajstić information content (AvgIpc) is 2.80. The molecule has 1 amide bonds. The zero-order chi connectivity index (χ0) is 15.3. The van der Waals surface area contributed by atoms with Gasteiger partial charge in [0.25, 0.3) is 0 Å². The molecule has 2 fully saturated rings. The molecule has 0 radical (unpaired) electrons. The molecule has 2 aliphatic rings. The highest BCUT2D eigenvalue weighted by molar-refractivity contribution is 7.88. The summed E-state index contributed by atoms with van der Waals surface area (Å²) in [6.45, 7) is -0.0139. The topological polar surface area (TPSA) is 66.5 Å². The Labute approximate surface area is 128 Å². The maximum Gasteiger partial charge on any atom is 0.235 e. The smallest absolute Gasteiger partial charge is 0.235 e. The van der Waals surface area contributed by atoms with Crippen molar-refractivity contribution in [3.63, 3.8) is 0 Å². The molecule has 122 valence electrons. The van der Waals surface area contributed by atoms with Crippen molar-refractivity contribution in [1.82, 2.24) is 9.62 Å². The van der Waals surface area contributed by atoms with Crippen LogP contribution in [-0.4, -0.2) is 43.5 Å². The van der Waals surface area contributed by atoms with Gasteiger partial charge in [0, 0.05) is 12.1 Å². The first-order valence-electron chi connectivity index (χ1n) is 8.23. The highest BCUT2D eigenvalue weighted by Crippen LogP contribution is 2.25. The van der Waals surface area contributed by atoms with Gasteiger partial charge >= 0.3 is 0 Å². The van der Waals surface area contributed by atoms with Crippen LogP contribution in [-0.2, 0) is 14.8 Å². The summed E-state index contributed by atoms with van der Waals surface area (Å²) in [6, 6.07) is 0.241. The Morgan fingerprint density at radius 1 is 1.00 bits per heavy atom. The van der Waals surface area contributed by atoms with Crippen LogP contribution in [0.1, 0.15) is 64.2 Å². The molecule has 1 N–H and O–H groups in total. The van der Waals surface area contributed by atoms with Gasteiger partial charge in [0.2, 0.25) is 15.9 Å². The molecule has 2 saturated carbocycles. The van der Waals surface area contributed by atoms with Crippen molar-refractivity contribution < 1.29 is 13.2 Å². The minimum Gasteiger partial charge on any atom is -0.352 e. The Bertz CT molecular complexity index is 436. The van der Waals surface area contributed by atoms with E-state index in [0.29, 0.717) is 0 Å². The van der Waals surface area contributed by atoms with Crippen LogP contribution in [0.3, 0.4) is 0 Å². The fraction of sp³-hybridized carbons (Fsp3) is 0.933. The maximum absolute atomic E-state index is 12.2. The summed E-state index contributed by atoms with van der Waals surface area (Å²) in [4.78, 5) is 12.2. The summed E-state index contributed by atoms with van der Waals surface area (Å²) >= 11 is 0. The Kier molecular flexibility index (Phi) is 6.05. The third-order valence-corrected chi connectivity index (χ3v) is 5.96. The van der Waals surface area contributed by atoms with Gasteiger partial charge in [-0.1, -0.05) is 38.5 Å². The van der Waals surface area contributed by atoms with E-state index in [9.17, 15) is 13.2 Å². The number of amides is 1. The van der Waals surface area contributed by atoms with Gasteiger partial charge in [0.05, 0.1) is 12.8 Å². The summed E-state index contributed by atoms with van der Waals surface area (Å²) in [5.41, 5.74) is 0. The molecule has 5 nitrogen and oxygen atoms in total. The molecule has 0 aliphatic heterocycles. The highest BCUT2D eigenvalue weighted by Gasteiger charge is 2.31. The van der Waals surface area contributed by atoms with Crippen molar-refractivity contribution >= 4 is 15.9 Å². The largest absolute Gasteiger partial charge is 0.352 e. The summed E-state index contributed by atoms with van der Waals surface area (Å²) < 4.78 is 25.3. The lowest BCUT2D eigenvalue weighted by atomic mass is 10.1. The Hall–Kier alpha value is -0.620. The van der Waals surface area contributed by atoms with E-state index in [0.717, 1.165) is 51.4 Å². The van der Waals surface area contributed by atoms with Gasteiger partial charge in [-0.3, -0.25) is 4.79 Å². The minimum atomic E-state index is -3.32. The summed E-state index contributed by atoms with van der Waals surface area (Å²) in [5.74, 6) is -0.140. The molecule has 6 heteroatoms. The third-order valence-electron chi connectivity index (χ3n) is 4.68. The second-order valence-electron chi connectivity index (χ2n) is 6.50. The molecule has 0 saturated heterocycles. The van der Waals surface area contributed by atoms with E-state index in [4.69, 9.17) is 0 Å². The number of nitrogens with zero attached hydrogens (tertiary/aromatic N) is 1. The van der Waals surface area contributed by atoms with Crippen LogP contribution in [0.25, 0.3) is 0 Å². The summed E-state index contributed by atoms with van der Waals surface area (Å²) in [6.07, 6.45) is 11.9. The second kappa shape index (κ2) is 7.58. The predicted molar refractivity (Wildman–Crippen MR) is 83.4 cm³/mol. The molecule has 0 unspecified atom stereocenters. The summed E-state index contributed by atoms with van der Waals surface area (Å²) in [5, 5.41) is 3.04. The van der Waals surface area contributed by atoms with Crippen molar-refractivity contribution in [2.75, 3.05) is 12.8 Å². The van der Waals surface area contributed by atoms with Crippen LogP contribution in [0.15, 0.2) is 0 Å². The molecular formula is C15H28N2O3S. The SMILES string of the molecule is CS(=O)(=O)N(CC(=O)NC1CCCCCC1)C1CCCC1. The fourth-order valence-electron chi connectivity index (χ4n) is 3.55. The second-order valence-corrected chi connectivity index (χ2v) is 8.44. The minimum absolute atomic E-state index is 0.0138. The first kappa shape index (κ1) is 16.7. The Balaban J connectivity index is 1.91. The first-order chi connectivity index (χ1) is 9.97. The molecule has 0 bridgehead atoms. The number of hydrogen-bond acceptors (Lipinski definition) is 3. The lowest BCUT2D eigenvalue weighted by molar-refractivity contribution is -0.122. The first-order valence-corrected chi connectivity index (χ1v) is 10.1. The monoisotopic (exact) mass is 316 g/mol. The summed E-state index contributed by atoms with van der Waals surface area (Å²) in [7, 11) is -3.32. The molecule has 2 rings (SSSR count). The third kappa shape index (κ3) is 5.25. The number of carbonyl (C=O) groups is 1. The van der Waals surface area contributed by atoms with Crippen LogP contribution in [0.2, 0.25) is 0 Å². The van der Waals surface area contributed by atoms with E-state index < -0.39 is 10.0 Å². The Morgan fingerprint density at radius 3 is 2.05 bits per heavy atom. The number of rotatable bonds is 5. The predicted octanol–water partition coefficient (Wildman–Crippen LogP) is 2.03. The van der Waals surface area contributed by atoms with Gasteiger partial charge < -0.3 is 5.32 Å². The van der Waals surface area contributed by atoms with E-state index in [-0.39, 0.29) is 24.5 Å². The number of hydrogen-bond donors (Lipinski definition) is 1. The number of carbonyl (C=O) groups excluding carboxylic acids is 1. The highest BCUT2D eigenvalue weighted by atomic mass is 32.2. The molecule has 0 aromatic carbocycles. The molecule has 0 spiro atoms. The quantitative estimate of drug-likeness (QED) is 0.789. The fourth-order valence-corrected chi connectivity index (χ4v) is 4.65. The van der Waals surface area contributed by atoms with Gasteiger partial charge in [-0.2, -0.15) is 4.31 Å². The molecule has 2 aliphatic carbocycles. The molecule has 21 heavy (non-hydrogen) atoms. The number of nitrogens with one attached hydrogen (secondary N) is 1. The Morgan fingerprint density at radius 2 is 1.52 bits per heavy atom. The lowest BCUT2D eigenvalue weighted by Gasteiger charge is -2.27. The van der Waals surface area contributed by atoms with Crippen molar-refractivity contribution in [2.24, 2.45) is 0 Å². The van der Waals surface area contributed by atoms with Crippen LogP contribution >= 0.6 is 0 Å². The van der Waals surface area contributed by atoms with Crippen LogP contribution in [0.4, 0.5) is 0 Å². The van der Waals surface area contributed by atoms with Gasteiger partial charge in [0.15, 0.2) is 0 Å². The van der Waals surface area contributed by atoms with Crippen LogP contribution < -0.4 is 5.32 Å². The van der Waals surface area contributed by atoms with Crippen molar-refractivity contribution in [3.8, 4) is 0 Å².